The van der Waals surface area contributed by atoms with E-state index in [1.807, 2.05) is 32.0 Å². The van der Waals surface area contributed by atoms with Gasteiger partial charge < -0.3 is 5.32 Å². The minimum atomic E-state index is -0.0486. The summed E-state index contributed by atoms with van der Waals surface area (Å²) in [6.45, 7) is 8.82. The van der Waals surface area contributed by atoms with Crippen LogP contribution in [0.3, 0.4) is 0 Å². The van der Waals surface area contributed by atoms with E-state index in [2.05, 4.69) is 19.2 Å². The maximum Gasteiger partial charge on any atom is 0.251 e. The standard InChI is InChI=1S/C15H22ClNO/c1-10(2)7-14(16)9-17-15(18)13-6-5-11(3)12(4)8-13/h5-6,8,10,14H,7,9H2,1-4H3,(H,17,18). The molecular formula is C15H22ClNO. The maximum absolute atomic E-state index is 11.9. The van der Waals surface area contributed by atoms with Crippen LogP contribution < -0.4 is 5.32 Å². The second-order valence-electron chi connectivity index (χ2n) is 5.24. The fraction of sp³-hybridized carbons (Fsp3) is 0.533. The topological polar surface area (TPSA) is 29.1 Å². The van der Waals surface area contributed by atoms with Crippen molar-refractivity contribution >= 4 is 17.5 Å². The lowest BCUT2D eigenvalue weighted by Crippen LogP contribution is -2.30. The van der Waals surface area contributed by atoms with Crippen LogP contribution in [-0.4, -0.2) is 17.8 Å². The molecule has 1 unspecified atom stereocenters. The maximum atomic E-state index is 11.9. The van der Waals surface area contributed by atoms with E-state index in [9.17, 15) is 4.79 Å². The van der Waals surface area contributed by atoms with Gasteiger partial charge in [-0.15, -0.1) is 11.6 Å². The quantitative estimate of drug-likeness (QED) is 0.810. The van der Waals surface area contributed by atoms with Gasteiger partial charge in [0.1, 0.15) is 0 Å². The summed E-state index contributed by atoms with van der Waals surface area (Å²) in [6, 6.07) is 5.73. The molecule has 1 aromatic carbocycles. The summed E-state index contributed by atoms with van der Waals surface area (Å²) in [4.78, 5) is 11.9. The highest BCUT2D eigenvalue weighted by molar-refractivity contribution is 6.20. The van der Waals surface area contributed by atoms with Gasteiger partial charge in [-0.25, -0.2) is 0 Å². The van der Waals surface area contributed by atoms with Crippen molar-refractivity contribution < 1.29 is 4.79 Å². The van der Waals surface area contributed by atoms with E-state index in [1.54, 1.807) is 0 Å². The van der Waals surface area contributed by atoms with Crippen LogP contribution in [0.15, 0.2) is 18.2 Å². The van der Waals surface area contributed by atoms with Crippen LogP contribution in [0.1, 0.15) is 41.8 Å². The average molecular weight is 268 g/mol. The zero-order valence-corrected chi connectivity index (χ0v) is 12.3. The average Bonchev–Trinajstić information content (AvgIpc) is 2.28. The van der Waals surface area contributed by atoms with E-state index < -0.39 is 0 Å². The summed E-state index contributed by atoms with van der Waals surface area (Å²) >= 11 is 6.15. The lowest BCUT2D eigenvalue weighted by Gasteiger charge is -2.13. The number of nitrogens with one attached hydrogen (secondary N) is 1. The molecule has 0 fully saturated rings. The number of hydrogen-bond acceptors (Lipinski definition) is 1. The van der Waals surface area contributed by atoms with E-state index >= 15 is 0 Å². The molecule has 0 saturated carbocycles. The minimum Gasteiger partial charge on any atom is -0.351 e. The van der Waals surface area contributed by atoms with Crippen molar-refractivity contribution in [2.75, 3.05) is 6.54 Å². The number of carbonyl (C=O) groups excluding carboxylic acids is 1. The fourth-order valence-electron chi connectivity index (χ4n) is 1.78. The van der Waals surface area contributed by atoms with Gasteiger partial charge in [0.25, 0.3) is 5.91 Å². The van der Waals surface area contributed by atoms with Crippen molar-refractivity contribution in [3.8, 4) is 0 Å². The third-order valence-electron chi connectivity index (χ3n) is 2.98. The first-order valence-electron chi connectivity index (χ1n) is 6.39. The molecule has 0 heterocycles. The molecule has 1 amide bonds. The number of aryl methyl sites for hydroxylation is 2. The second-order valence-corrected chi connectivity index (χ2v) is 5.85. The third-order valence-corrected chi connectivity index (χ3v) is 3.31. The van der Waals surface area contributed by atoms with Gasteiger partial charge in [0.05, 0.1) is 5.38 Å². The molecule has 0 spiro atoms. The summed E-state index contributed by atoms with van der Waals surface area (Å²) in [7, 11) is 0. The van der Waals surface area contributed by atoms with E-state index in [0.717, 1.165) is 12.0 Å². The lowest BCUT2D eigenvalue weighted by atomic mass is 10.1. The molecule has 0 aromatic heterocycles. The Balaban J connectivity index is 2.52. The molecule has 100 valence electrons. The molecule has 1 rings (SSSR count). The number of alkyl halides is 1. The first-order chi connectivity index (χ1) is 8.40. The Labute approximate surface area is 115 Å². The Morgan fingerprint density at radius 3 is 2.50 bits per heavy atom. The molecule has 18 heavy (non-hydrogen) atoms. The van der Waals surface area contributed by atoms with Gasteiger partial charge in [-0.1, -0.05) is 19.9 Å². The van der Waals surface area contributed by atoms with Crippen LogP contribution in [-0.2, 0) is 0 Å². The first-order valence-corrected chi connectivity index (χ1v) is 6.83. The van der Waals surface area contributed by atoms with Crippen LogP contribution >= 0.6 is 11.6 Å². The molecule has 0 aliphatic carbocycles. The smallest absolute Gasteiger partial charge is 0.251 e. The fourth-order valence-corrected chi connectivity index (χ4v) is 2.22. The largest absolute Gasteiger partial charge is 0.351 e. The third kappa shape index (κ3) is 4.69. The zero-order chi connectivity index (χ0) is 13.7. The van der Waals surface area contributed by atoms with Gasteiger partial charge in [0.15, 0.2) is 0 Å². The molecule has 1 aromatic rings. The Hall–Kier alpha value is -1.02. The van der Waals surface area contributed by atoms with E-state index in [-0.39, 0.29) is 11.3 Å². The minimum absolute atomic E-state index is 0.000459. The van der Waals surface area contributed by atoms with Crippen molar-refractivity contribution in [2.45, 2.75) is 39.5 Å². The lowest BCUT2D eigenvalue weighted by molar-refractivity contribution is 0.0953. The number of hydrogen-bond donors (Lipinski definition) is 1. The van der Waals surface area contributed by atoms with Crippen molar-refractivity contribution in [1.29, 1.82) is 0 Å². The van der Waals surface area contributed by atoms with Crippen LogP contribution in [0.4, 0.5) is 0 Å². The molecule has 0 aliphatic heterocycles. The van der Waals surface area contributed by atoms with Gasteiger partial charge in [-0.3, -0.25) is 4.79 Å². The number of benzene rings is 1. The molecule has 2 nitrogen and oxygen atoms in total. The number of carbonyl (C=O) groups is 1. The molecule has 0 bridgehead atoms. The molecule has 0 aliphatic rings. The zero-order valence-electron chi connectivity index (χ0n) is 11.6. The van der Waals surface area contributed by atoms with Crippen LogP contribution in [0, 0.1) is 19.8 Å². The van der Waals surface area contributed by atoms with Crippen molar-refractivity contribution in [3.63, 3.8) is 0 Å². The summed E-state index contributed by atoms with van der Waals surface area (Å²) in [5.74, 6) is 0.499. The number of rotatable bonds is 5. The Bertz CT molecular complexity index is 415. The Morgan fingerprint density at radius 2 is 1.94 bits per heavy atom. The predicted molar refractivity (Wildman–Crippen MR) is 77.3 cm³/mol. The first kappa shape index (κ1) is 15.0. The number of amides is 1. The highest BCUT2D eigenvalue weighted by Gasteiger charge is 2.11. The van der Waals surface area contributed by atoms with Crippen molar-refractivity contribution in [1.82, 2.24) is 5.32 Å². The molecule has 1 N–H and O–H groups in total. The van der Waals surface area contributed by atoms with Crippen molar-refractivity contribution in [3.05, 3.63) is 34.9 Å². The monoisotopic (exact) mass is 267 g/mol. The molecule has 3 heteroatoms. The molecule has 1 atom stereocenters. The summed E-state index contributed by atoms with van der Waals surface area (Å²) in [5.41, 5.74) is 3.03. The molecule has 0 radical (unpaired) electrons. The highest BCUT2D eigenvalue weighted by Crippen LogP contribution is 2.11. The van der Waals surface area contributed by atoms with Gasteiger partial charge in [0, 0.05) is 12.1 Å². The van der Waals surface area contributed by atoms with Crippen LogP contribution in [0.5, 0.6) is 0 Å². The second kappa shape index (κ2) is 6.79. The van der Waals surface area contributed by atoms with Gasteiger partial charge in [-0.2, -0.15) is 0 Å². The summed E-state index contributed by atoms with van der Waals surface area (Å²) < 4.78 is 0. The van der Waals surface area contributed by atoms with E-state index in [1.165, 1.54) is 5.56 Å². The Kier molecular flexibility index (Phi) is 5.67. The van der Waals surface area contributed by atoms with Crippen molar-refractivity contribution in [2.24, 2.45) is 5.92 Å². The van der Waals surface area contributed by atoms with E-state index in [4.69, 9.17) is 11.6 Å². The SMILES string of the molecule is Cc1ccc(C(=O)NCC(Cl)CC(C)C)cc1C. The van der Waals surface area contributed by atoms with Crippen LogP contribution in [0.25, 0.3) is 0 Å². The molecular weight excluding hydrogens is 246 g/mol. The van der Waals surface area contributed by atoms with Gasteiger partial charge in [-0.05, 0) is 49.4 Å². The highest BCUT2D eigenvalue weighted by atomic mass is 35.5. The summed E-state index contributed by atoms with van der Waals surface area (Å²) in [6.07, 6.45) is 0.911. The number of halogens is 1. The molecule has 0 saturated heterocycles. The van der Waals surface area contributed by atoms with Gasteiger partial charge in [0.2, 0.25) is 0 Å². The van der Waals surface area contributed by atoms with Crippen LogP contribution in [0.2, 0.25) is 0 Å². The summed E-state index contributed by atoms with van der Waals surface area (Å²) in [5, 5.41) is 2.88. The Morgan fingerprint density at radius 1 is 1.28 bits per heavy atom. The predicted octanol–water partition coefficient (Wildman–Crippen LogP) is 3.69. The van der Waals surface area contributed by atoms with E-state index in [0.29, 0.717) is 18.0 Å². The normalized spacial score (nSPS) is 12.6. The van der Waals surface area contributed by atoms with Gasteiger partial charge >= 0.3 is 0 Å².